The monoisotopic (exact) mass is 153 g/mol. The lowest BCUT2D eigenvalue weighted by molar-refractivity contribution is -0.121. The number of hydrogen-bond donors (Lipinski definition) is 1. The molecule has 2 heteroatoms. The maximum absolute atomic E-state index is 10.8. The quantitative estimate of drug-likeness (QED) is 0.604. The maximum atomic E-state index is 10.8. The van der Waals surface area contributed by atoms with Gasteiger partial charge in [0.15, 0.2) is 0 Å². The van der Waals surface area contributed by atoms with Gasteiger partial charge in [0.25, 0.3) is 0 Å². The van der Waals surface area contributed by atoms with Gasteiger partial charge in [0.05, 0.1) is 0 Å². The van der Waals surface area contributed by atoms with Gasteiger partial charge in [-0.1, -0.05) is 6.92 Å². The molecule has 0 aliphatic heterocycles. The Morgan fingerprint density at radius 1 is 1.45 bits per heavy atom. The molecule has 3 aliphatic rings. The predicted octanol–water partition coefficient (Wildman–Crippen LogP) is 1.31. The Kier molecular flexibility index (Phi) is 1.29. The third kappa shape index (κ3) is 0.959. The molecule has 0 heterocycles. The summed E-state index contributed by atoms with van der Waals surface area (Å²) in [6, 6.07) is 0. The van der Waals surface area contributed by atoms with E-state index >= 15 is 0 Å². The van der Waals surface area contributed by atoms with Crippen LogP contribution in [0.4, 0.5) is 0 Å². The van der Waals surface area contributed by atoms with Gasteiger partial charge >= 0.3 is 0 Å². The van der Waals surface area contributed by atoms with Crippen LogP contribution >= 0.6 is 0 Å². The zero-order valence-corrected chi connectivity index (χ0v) is 7.18. The van der Waals surface area contributed by atoms with Crippen LogP contribution in [0, 0.1) is 11.8 Å². The third-order valence-corrected chi connectivity index (χ3v) is 3.26. The third-order valence-electron chi connectivity index (χ3n) is 3.26. The van der Waals surface area contributed by atoms with E-state index in [-0.39, 0.29) is 11.4 Å². The van der Waals surface area contributed by atoms with Crippen LogP contribution in [-0.2, 0) is 4.79 Å². The highest BCUT2D eigenvalue weighted by atomic mass is 16.1. The molecule has 3 aliphatic carbocycles. The Morgan fingerprint density at radius 3 is 2.45 bits per heavy atom. The van der Waals surface area contributed by atoms with Crippen molar-refractivity contribution >= 4 is 5.91 Å². The summed E-state index contributed by atoms with van der Waals surface area (Å²) >= 11 is 0. The van der Waals surface area contributed by atoms with E-state index in [1.54, 1.807) is 6.92 Å². The van der Waals surface area contributed by atoms with E-state index < -0.39 is 0 Å². The smallest absolute Gasteiger partial charge is 0.217 e. The molecule has 0 aromatic heterocycles. The largest absolute Gasteiger partial charge is 0.351 e. The fourth-order valence-electron chi connectivity index (χ4n) is 2.82. The van der Waals surface area contributed by atoms with Crippen LogP contribution in [0.2, 0.25) is 0 Å². The Balaban J connectivity index is 2.00. The number of nitrogens with one attached hydrogen (secondary N) is 1. The highest BCUT2D eigenvalue weighted by molar-refractivity contribution is 5.74. The van der Waals surface area contributed by atoms with Crippen LogP contribution < -0.4 is 5.32 Å². The van der Waals surface area contributed by atoms with E-state index in [1.807, 2.05) is 0 Å². The van der Waals surface area contributed by atoms with E-state index in [4.69, 9.17) is 0 Å². The molecular formula is C9H15NO. The van der Waals surface area contributed by atoms with Crippen molar-refractivity contribution in [3.05, 3.63) is 0 Å². The molecule has 3 rings (SSSR count). The van der Waals surface area contributed by atoms with Crippen LogP contribution in [0.3, 0.4) is 0 Å². The van der Waals surface area contributed by atoms with Gasteiger partial charge in [0.1, 0.15) is 0 Å². The van der Waals surface area contributed by atoms with Crippen LogP contribution in [-0.4, -0.2) is 11.4 Å². The van der Waals surface area contributed by atoms with E-state index in [0.29, 0.717) is 0 Å². The summed E-state index contributed by atoms with van der Waals surface area (Å²) in [7, 11) is 0. The summed E-state index contributed by atoms with van der Waals surface area (Å²) in [6.45, 7) is 3.91. The number of carbonyl (C=O) groups is 1. The molecule has 0 radical (unpaired) electrons. The molecule has 2 bridgehead atoms. The van der Waals surface area contributed by atoms with Crippen LogP contribution in [0.1, 0.15) is 33.1 Å². The summed E-state index contributed by atoms with van der Waals surface area (Å²) in [5.41, 5.74) is 0.232. The molecule has 1 unspecified atom stereocenters. The van der Waals surface area contributed by atoms with Gasteiger partial charge < -0.3 is 5.32 Å². The molecule has 2 nitrogen and oxygen atoms in total. The maximum Gasteiger partial charge on any atom is 0.217 e. The molecular weight excluding hydrogens is 138 g/mol. The summed E-state index contributed by atoms with van der Waals surface area (Å²) in [6.07, 6.45) is 3.67. The molecule has 0 aromatic carbocycles. The SMILES string of the molecule is CC(=O)NC12CC(C)C(C1)C2. The minimum Gasteiger partial charge on any atom is -0.351 e. The summed E-state index contributed by atoms with van der Waals surface area (Å²) in [5, 5.41) is 3.08. The van der Waals surface area contributed by atoms with Crippen LogP contribution in [0.25, 0.3) is 0 Å². The van der Waals surface area contributed by atoms with Gasteiger partial charge in [-0.2, -0.15) is 0 Å². The van der Waals surface area contributed by atoms with Gasteiger partial charge in [-0.15, -0.1) is 0 Å². The first-order valence-electron chi connectivity index (χ1n) is 4.40. The highest BCUT2D eigenvalue weighted by Gasteiger charge is 2.54. The first-order valence-corrected chi connectivity index (χ1v) is 4.40. The molecule has 1 amide bonds. The average Bonchev–Trinajstić information content (AvgIpc) is 2.16. The van der Waals surface area contributed by atoms with Crippen LogP contribution in [0.15, 0.2) is 0 Å². The molecule has 0 spiro atoms. The van der Waals surface area contributed by atoms with E-state index in [2.05, 4.69) is 12.2 Å². The Morgan fingerprint density at radius 2 is 2.09 bits per heavy atom. The van der Waals surface area contributed by atoms with Gasteiger partial charge in [0, 0.05) is 12.5 Å². The molecule has 3 fully saturated rings. The topological polar surface area (TPSA) is 29.1 Å². The molecule has 0 saturated heterocycles. The van der Waals surface area contributed by atoms with Crippen molar-refractivity contribution in [2.24, 2.45) is 11.8 Å². The lowest BCUT2D eigenvalue weighted by atomic mass is 9.76. The van der Waals surface area contributed by atoms with Crippen molar-refractivity contribution in [3.8, 4) is 0 Å². The summed E-state index contributed by atoms with van der Waals surface area (Å²) in [4.78, 5) is 10.8. The van der Waals surface area contributed by atoms with Crippen molar-refractivity contribution in [3.63, 3.8) is 0 Å². The zero-order valence-electron chi connectivity index (χ0n) is 7.18. The fourth-order valence-corrected chi connectivity index (χ4v) is 2.82. The van der Waals surface area contributed by atoms with Crippen molar-refractivity contribution in [1.29, 1.82) is 0 Å². The number of carbonyl (C=O) groups excluding carboxylic acids is 1. The highest BCUT2D eigenvalue weighted by Crippen LogP contribution is 2.55. The minimum atomic E-state index is 0.137. The van der Waals surface area contributed by atoms with Crippen molar-refractivity contribution in [2.75, 3.05) is 0 Å². The zero-order chi connectivity index (χ0) is 8.06. The van der Waals surface area contributed by atoms with E-state index in [9.17, 15) is 4.79 Å². The molecule has 11 heavy (non-hydrogen) atoms. The van der Waals surface area contributed by atoms with Gasteiger partial charge in [-0.25, -0.2) is 0 Å². The second-order valence-corrected chi connectivity index (χ2v) is 4.31. The lowest BCUT2D eigenvalue weighted by Gasteiger charge is -2.39. The first-order chi connectivity index (χ1) is 5.11. The second kappa shape index (κ2) is 1.99. The minimum absolute atomic E-state index is 0.137. The van der Waals surface area contributed by atoms with E-state index in [0.717, 1.165) is 11.8 Å². The first kappa shape index (κ1) is 7.14. The van der Waals surface area contributed by atoms with Crippen molar-refractivity contribution in [2.45, 2.75) is 38.6 Å². The number of hydrogen-bond acceptors (Lipinski definition) is 1. The number of fused-ring (bicyclic) bond motifs is 1. The second-order valence-electron chi connectivity index (χ2n) is 4.31. The van der Waals surface area contributed by atoms with Gasteiger partial charge in [0.2, 0.25) is 5.91 Å². The summed E-state index contributed by atoms with van der Waals surface area (Å²) < 4.78 is 0. The fraction of sp³-hybridized carbons (Fsp3) is 0.889. The number of rotatable bonds is 1. The summed E-state index contributed by atoms with van der Waals surface area (Å²) in [5.74, 6) is 1.88. The van der Waals surface area contributed by atoms with Crippen molar-refractivity contribution in [1.82, 2.24) is 5.32 Å². The van der Waals surface area contributed by atoms with E-state index in [1.165, 1.54) is 19.3 Å². The standard InChI is InChI=1S/C9H15NO/c1-6-3-9(10-7(2)11)4-8(6)5-9/h6,8H,3-5H2,1-2H3,(H,10,11). The van der Waals surface area contributed by atoms with Crippen LogP contribution in [0.5, 0.6) is 0 Å². The molecule has 1 N–H and O–H groups in total. The lowest BCUT2D eigenvalue weighted by Crippen LogP contribution is -2.51. The molecule has 3 saturated carbocycles. The molecule has 0 aromatic rings. The average molecular weight is 153 g/mol. The Labute approximate surface area is 67.4 Å². The van der Waals surface area contributed by atoms with Crippen molar-refractivity contribution < 1.29 is 4.79 Å². The number of amides is 1. The Hall–Kier alpha value is -0.530. The molecule has 1 atom stereocenters. The van der Waals surface area contributed by atoms with Gasteiger partial charge in [-0.3, -0.25) is 4.79 Å². The Bertz CT molecular complexity index is 194. The molecule has 62 valence electrons. The normalized spacial score (nSPS) is 46.7. The van der Waals surface area contributed by atoms with Gasteiger partial charge in [-0.05, 0) is 31.1 Å². The predicted molar refractivity (Wildman–Crippen MR) is 43.1 cm³/mol.